The molecule has 0 unspecified atom stereocenters. The van der Waals surface area contributed by atoms with Crippen LogP contribution in [0.2, 0.25) is 6.32 Å². The average molecular weight is 504 g/mol. The van der Waals surface area contributed by atoms with Crippen molar-refractivity contribution >= 4 is 33.4 Å². The van der Waals surface area contributed by atoms with Crippen LogP contribution in [0.15, 0.2) is 66.1 Å². The SMILES string of the molecule is CC(C)(C)n1cc(-c2cnc3c(c2)c(B2CC(C)(C)C(C)(C)O2)cn3S(=O)(=O)c2ccccc2)cn1. The summed E-state index contributed by atoms with van der Waals surface area (Å²) in [4.78, 5) is 4.90. The lowest BCUT2D eigenvalue weighted by atomic mass is 9.54. The predicted octanol–water partition coefficient (Wildman–Crippen LogP) is 4.93. The quantitative estimate of drug-likeness (QED) is 0.369. The van der Waals surface area contributed by atoms with E-state index in [2.05, 4.69) is 58.5 Å². The Hall–Kier alpha value is -2.91. The fraction of sp³-hybridized carbons (Fsp3) is 0.407. The number of benzene rings is 1. The molecule has 1 aliphatic heterocycles. The lowest BCUT2D eigenvalue weighted by Gasteiger charge is -2.34. The topological polar surface area (TPSA) is 79.0 Å². The third-order valence-corrected chi connectivity index (χ3v) is 9.32. The molecule has 3 aromatic heterocycles. The van der Waals surface area contributed by atoms with E-state index in [0.29, 0.717) is 5.65 Å². The summed E-state index contributed by atoms with van der Waals surface area (Å²) in [5, 5.41) is 5.30. The number of rotatable bonds is 4. The van der Waals surface area contributed by atoms with E-state index in [1.165, 1.54) is 3.97 Å². The lowest BCUT2D eigenvalue weighted by molar-refractivity contribution is 0.0376. The maximum Gasteiger partial charge on any atom is 0.330 e. The molecule has 188 valence electrons. The van der Waals surface area contributed by atoms with Crippen LogP contribution in [0, 0.1) is 5.41 Å². The van der Waals surface area contributed by atoms with Crippen LogP contribution in [0.5, 0.6) is 0 Å². The van der Waals surface area contributed by atoms with Crippen molar-refractivity contribution in [1.82, 2.24) is 18.7 Å². The smallest absolute Gasteiger partial charge is 0.330 e. The van der Waals surface area contributed by atoms with Crippen LogP contribution < -0.4 is 5.46 Å². The Bertz CT molecular complexity index is 1530. The van der Waals surface area contributed by atoms with Crippen molar-refractivity contribution in [2.24, 2.45) is 5.41 Å². The fourth-order valence-electron chi connectivity index (χ4n) is 4.68. The molecule has 0 bridgehead atoms. The van der Waals surface area contributed by atoms with Crippen LogP contribution in [-0.2, 0) is 20.2 Å². The van der Waals surface area contributed by atoms with Gasteiger partial charge < -0.3 is 4.65 Å². The first-order chi connectivity index (χ1) is 16.7. The molecular weight excluding hydrogens is 471 g/mol. The molecule has 0 amide bonds. The second-order valence-corrected chi connectivity index (χ2v) is 13.7. The largest absolute Gasteiger partial charge is 0.425 e. The Balaban J connectivity index is 1.70. The number of pyridine rings is 1. The van der Waals surface area contributed by atoms with Gasteiger partial charge in [-0.25, -0.2) is 17.4 Å². The second-order valence-electron chi connectivity index (χ2n) is 11.8. The summed E-state index contributed by atoms with van der Waals surface area (Å²) in [7, 11) is -3.84. The first kappa shape index (κ1) is 24.8. The van der Waals surface area contributed by atoms with E-state index in [9.17, 15) is 8.42 Å². The predicted molar refractivity (Wildman–Crippen MR) is 144 cm³/mol. The minimum atomic E-state index is -3.84. The average Bonchev–Trinajstić information content (AvgIpc) is 3.48. The van der Waals surface area contributed by atoms with Gasteiger partial charge in [-0.05, 0) is 70.0 Å². The molecule has 1 aromatic carbocycles. The van der Waals surface area contributed by atoms with Gasteiger partial charge in [-0.1, -0.05) is 32.0 Å². The van der Waals surface area contributed by atoms with E-state index >= 15 is 0 Å². The molecule has 0 saturated carbocycles. The first-order valence-electron chi connectivity index (χ1n) is 12.3. The van der Waals surface area contributed by atoms with Gasteiger partial charge in [-0.2, -0.15) is 5.10 Å². The molecule has 9 heteroatoms. The van der Waals surface area contributed by atoms with Gasteiger partial charge in [-0.3, -0.25) is 4.68 Å². The lowest BCUT2D eigenvalue weighted by Crippen LogP contribution is -2.36. The van der Waals surface area contributed by atoms with Crippen molar-refractivity contribution < 1.29 is 13.1 Å². The third-order valence-electron chi connectivity index (χ3n) is 7.66. The highest BCUT2D eigenvalue weighted by Crippen LogP contribution is 2.45. The van der Waals surface area contributed by atoms with Gasteiger partial charge in [0.15, 0.2) is 5.65 Å². The van der Waals surface area contributed by atoms with Gasteiger partial charge in [0.1, 0.15) is 0 Å². The second kappa shape index (κ2) is 8.05. The van der Waals surface area contributed by atoms with Crippen molar-refractivity contribution in [3.05, 3.63) is 61.2 Å². The number of hydrogen-bond acceptors (Lipinski definition) is 5. The van der Waals surface area contributed by atoms with Gasteiger partial charge in [0.25, 0.3) is 10.0 Å². The van der Waals surface area contributed by atoms with E-state index in [1.807, 2.05) is 23.1 Å². The number of nitrogens with zero attached hydrogens (tertiary/aromatic N) is 4. The minimum Gasteiger partial charge on any atom is -0.425 e. The summed E-state index contributed by atoms with van der Waals surface area (Å²) in [6, 6.07) is 10.5. The molecule has 0 atom stereocenters. The Labute approximate surface area is 213 Å². The third kappa shape index (κ3) is 3.98. The van der Waals surface area contributed by atoms with Crippen LogP contribution in [0.4, 0.5) is 0 Å². The maximum absolute atomic E-state index is 13.7. The summed E-state index contributed by atoms with van der Waals surface area (Å²) in [5.74, 6) is 0. The van der Waals surface area contributed by atoms with Crippen LogP contribution in [0.25, 0.3) is 22.2 Å². The molecular formula is C27H33BN4O3S. The monoisotopic (exact) mass is 504 g/mol. The van der Waals surface area contributed by atoms with Crippen LogP contribution in [0.3, 0.4) is 0 Å². The zero-order valence-electron chi connectivity index (χ0n) is 22.0. The maximum atomic E-state index is 13.7. The van der Waals surface area contributed by atoms with E-state index < -0.39 is 10.0 Å². The molecule has 4 aromatic rings. The molecule has 0 N–H and O–H groups in total. The van der Waals surface area contributed by atoms with Crippen LogP contribution in [-0.4, -0.2) is 39.7 Å². The van der Waals surface area contributed by atoms with Crippen molar-refractivity contribution in [3.8, 4) is 11.1 Å². The highest BCUT2D eigenvalue weighted by Gasteiger charge is 2.50. The minimum absolute atomic E-state index is 0.0801. The molecule has 1 fully saturated rings. The fourth-order valence-corrected chi connectivity index (χ4v) is 6.04. The number of hydrogen-bond donors (Lipinski definition) is 0. The summed E-state index contributed by atoms with van der Waals surface area (Å²) in [5.41, 5.74) is 2.45. The van der Waals surface area contributed by atoms with E-state index in [1.54, 1.807) is 42.7 Å². The van der Waals surface area contributed by atoms with Crippen molar-refractivity contribution in [2.45, 2.75) is 70.8 Å². The van der Waals surface area contributed by atoms with E-state index in [-0.39, 0.29) is 28.4 Å². The van der Waals surface area contributed by atoms with Gasteiger partial charge in [0, 0.05) is 35.1 Å². The van der Waals surface area contributed by atoms with Crippen molar-refractivity contribution in [3.63, 3.8) is 0 Å². The van der Waals surface area contributed by atoms with Gasteiger partial charge in [0.05, 0.1) is 22.2 Å². The standard InChI is InChI=1S/C27H33BN4O3S/c1-25(2,3)32-16-20(15-30-32)19-13-22-23(28-18-26(4,5)27(6,7)35-28)17-31(24(22)29-14-19)36(33,34)21-11-9-8-10-12-21/h8-17H,18H2,1-7H3. The highest BCUT2D eigenvalue weighted by molar-refractivity contribution is 7.90. The summed E-state index contributed by atoms with van der Waals surface area (Å²) in [6.07, 6.45) is 8.01. The summed E-state index contributed by atoms with van der Waals surface area (Å²) in [6.45, 7) is 14.6. The van der Waals surface area contributed by atoms with E-state index in [0.717, 1.165) is 28.3 Å². The van der Waals surface area contributed by atoms with Crippen molar-refractivity contribution in [2.75, 3.05) is 0 Å². The Morgan fingerprint density at radius 2 is 1.69 bits per heavy atom. The van der Waals surface area contributed by atoms with Gasteiger partial charge >= 0.3 is 6.92 Å². The highest BCUT2D eigenvalue weighted by atomic mass is 32.2. The molecule has 36 heavy (non-hydrogen) atoms. The van der Waals surface area contributed by atoms with E-state index in [4.69, 9.17) is 4.65 Å². The normalized spacial score (nSPS) is 17.7. The number of aromatic nitrogens is 4. The first-order valence-corrected chi connectivity index (χ1v) is 13.7. The summed E-state index contributed by atoms with van der Waals surface area (Å²) < 4.78 is 37.1. The molecule has 0 spiro atoms. The molecule has 0 radical (unpaired) electrons. The van der Waals surface area contributed by atoms with Gasteiger partial charge in [-0.15, -0.1) is 0 Å². The molecule has 1 aliphatic rings. The molecule has 5 rings (SSSR count). The van der Waals surface area contributed by atoms with Crippen molar-refractivity contribution in [1.29, 1.82) is 0 Å². The van der Waals surface area contributed by atoms with Gasteiger partial charge in [0.2, 0.25) is 0 Å². The Kier molecular flexibility index (Phi) is 5.54. The number of fused-ring (bicyclic) bond motifs is 1. The zero-order valence-corrected chi connectivity index (χ0v) is 22.8. The Morgan fingerprint density at radius 1 is 1.00 bits per heavy atom. The Morgan fingerprint density at radius 3 is 2.28 bits per heavy atom. The molecule has 1 saturated heterocycles. The molecule has 4 heterocycles. The summed E-state index contributed by atoms with van der Waals surface area (Å²) >= 11 is 0. The van der Waals surface area contributed by atoms with Crippen LogP contribution in [0.1, 0.15) is 48.5 Å². The molecule has 7 nitrogen and oxygen atoms in total. The zero-order chi connectivity index (χ0) is 26.1. The molecule has 0 aliphatic carbocycles. The van der Waals surface area contributed by atoms with Crippen LogP contribution >= 0.6 is 0 Å².